The van der Waals surface area contributed by atoms with Crippen LogP contribution in [0.3, 0.4) is 0 Å². The molecule has 0 aromatic rings. The van der Waals surface area contributed by atoms with Crippen LogP contribution in [0.4, 0.5) is 13.2 Å². The molecule has 60 valence electrons. The quantitative estimate of drug-likeness (QED) is 0.609. The van der Waals surface area contributed by atoms with Gasteiger partial charge in [0.15, 0.2) is 0 Å². The summed E-state index contributed by atoms with van der Waals surface area (Å²) in [5.41, 5.74) is 3.12. The molecular formula is C6H10F3N. The Morgan fingerprint density at radius 2 is 1.70 bits per heavy atom. The van der Waals surface area contributed by atoms with E-state index in [1.807, 2.05) is 0 Å². The fourth-order valence-electron chi connectivity index (χ4n) is 0.914. The van der Waals surface area contributed by atoms with Crippen molar-refractivity contribution in [3.63, 3.8) is 0 Å². The number of alkyl halides is 3. The van der Waals surface area contributed by atoms with Crippen LogP contribution in [-0.4, -0.2) is 11.7 Å². The molecule has 10 heavy (non-hydrogen) atoms. The van der Waals surface area contributed by atoms with E-state index >= 15 is 0 Å². The molecule has 1 atom stereocenters. The van der Waals surface area contributed by atoms with Crippen molar-refractivity contribution in [2.75, 3.05) is 0 Å². The molecule has 0 heterocycles. The predicted octanol–water partition coefficient (Wildman–Crippen LogP) is 1.68. The van der Waals surface area contributed by atoms with E-state index in [1.54, 1.807) is 0 Å². The summed E-state index contributed by atoms with van der Waals surface area (Å²) in [6.45, 7) is 1.06. The second-order valence-electron chi connectivity index (χ2n) is 3.05. The van der Waals surface area contributed by atoms with Gasteiger partial charge in [-0.05, 0) is 25.7 Å². The minimum Gasteiger partial charge on any atom is -0.318 e. The highest BCUT2D eigenvalue weighted by atomic mass is 19.4. The normalized spacial score (nSPS) is 26.1. The zero-order chi connectivity index (χ0) is 7.99. The van der Waals surface area contributed by atoms with Crippen LogP contribution >= 0.6 is 0 Å². The van der Waals surface area contributed by atoms with E-state index in [2.05, 4.69) is 0 Å². The first-order valence-electron chi connectivity index (χ1n) is 3.21. The lowest BCUT2D eigenvalue weighted by Gasteiger charge is -2.27. The first-order chi connectivity index (χ1) is 4.36. The molecule has 1 rings (SSSR count). The zero-order valence-electron chi connectivity index (χ0n) is 5.70. The largest absolute Gasteiger partial charge is 0.406 e. The summed E-state index contributed by atoms with van der Waals surface area (Å²) in [6, 6.07) is 0. The molecule has 0 amide bonds. The minimum absolute atomic E-state index is 0.340. The maximum atomic E-state index is 12.0. The second kappa shape index (κ2) is 1.87. The van der Waals surface area contributed by atoms with Gasteiger partial charge < -0.3 is 5.73 Å². The standard InChI is InChI=1S/C6H10F3N/c1-5(10,4-2-3-4)6(7,8)9/h4H,2-3,10H2,1H3/t5-/m0/s1. The average Bonchev–Trinajstić information content (AvgIpc) is 2.38. The zero-order valence-corrected chi connectivity index (χ0v) is 5.70. The fraction of sp³-hybridized carbons (Fsp3) is 1.00. The smallest absolute Gasteiger partial charge is 0.318 e. The molecule has 0 spiro atoms. The lowest BCUT2D eigenvalue weighted by molar-refractivity contribution is -0.186. The third kappa shape index (κ3) is 1.12. The van der Waals surface area contributed by atoms with E-state index in [4.69, 9.17) is 5.73 Å². The molecule has 1 aliphatic rings. The van der Waals surface area contributed by atoms with Crippen molar-refractivity contribution in [2.24, 2.45) is 11.7 Å². The van der Waals surface area contributed by atoms with Crippen LogP contribution in [0.15, 0.2) is 0 Å². The van der Waals surface area contributed by atoms with Crippen LogP contribution in [0.25, 0.3) is 0 Å². The van der Waals surface area contributed by atoms with Crippen LogP contribution in [-0.2, 0) is 0 Å². The Labute approximate surface area is 57.4 Å². The average molecular weight is 153 g/mol. The highest BCUT2D eigenvalue weighted by molar-refractivity contribution is 5.00. The van der Waals surface area contributed by atoms with Crippen LogP contribution in [0.5, 0.6) is 0 Å². The van der Waals surface area contributed by atoms with E-state index in [9.17, 15) is 13.2 Å². The molecule has 0 aromatic heterocycles. The molecule has 0 aromatic carbocycles. The predicted molar refractivity (Wildman–Crippen MR) is 31.4 cm³/mol. The summed E-state index contributed by atoms with van der Waals surface area (Å²) in [5.74, 6) is -0.340. The molecule has 0 bridgehead atoms. The van der Waals surface area contributed by atoms with Gasteiger partial charge in [-0.2, -0.15) is 13.2 Å². The van der Waals surface area contributed by atoms with Gasteiger partial charge in [0.05, 0.1) is 0 Å². The molecule has 1 nitrogen and oxygen atoms in total. The number of halogens is 3. The van der Waals surface area contributed by atoms with Gasteiger partial charge in [0.2, 0.25) is 0 Å². The van der Waals surface area contributed by atoms with Gasteiger partial charge in [-0.25, -0.2) is 0 Å². The Morgan fingerprint density at radius 1 is 1.30 bits per heavy atom. The molecule has 0 aliphatic heterocycles. The Kier molecular flexibility index (Phi) is 1.47. The summed E-state index contributed by atoms with van der Waals surface area (Å²) in [6.07, 6.45) is -3.01. The van der Waals surface area contributed by atoms with Crippen molar-refractivity contribution < 1.29 is 13.2 Å². The van der Waals surface area contributed by atoms with Gasteiger partial charge in [-0.3, -0.25) is 0 Å². The maximum Gasteiger partial charge on any atom is 0.406 e. The Morgan fingerprint density at radius 3 is 1.80 bits per heavy atom. The highest BCUT2D eigenvalue weighted by Crippen LogP contribution is 2.46. The molecule has 0 unspecified atom stereocenters. The summed E-state index contributed by atoms with van der Waals surface area (Å²) >= 11 is 0. The first kappa shape index (κ1) is 7.85. The molecule has 1 aliphatic carbocycles. The number of nitrogens with two attached hydrogens (primary N) is 1. The van der Waals surface area contributed by atoms with Crippen molar-refractivity contribution in [3.8, 4) is 0 Å². The van der Waals surface area contributed by atoms with E-state index in [1.165, 1.54) is 0 Å². The van der Waals surface area contributed by atoms with Crippen LogP contribution in [0.2, 0.25) is 0 Å². The summed E-state index contributed by atoms with van der Waals surface area (Å²) < 4.78 is 36.0. The minimum atomic E-state index is -4.24. The topological polar surface area (TPSA) is 26.0 Å². The van der Waals surface area contributed by atoms with E-state index < -0.39 is 11.7 Å². The molecule has 0 saturated heterocycles. The lowest BCUT2D eigenvalue weighted by Crippen LogP contribution is -2.52. The number of hydrogen-bond acceptors (Lipinski definition) is 1. The van der Waals surface area contributed by atoms with Crippen LogP contribution < -0.4 is 5.73 Å². The van der Waals surface area contributed by atoms with Crippen molar-refractivity contribution >= 4 is 0 Å². The van der Waals surface area contributed by atoms with Gasteiger partial charge in [0.25, 0.3) is 0 Å². The monoisotopic (exact) mass is 153 g/mol. The third-order valence-corrected chi connectivity index (χ3v) is 2.04. The van der Waals surface area contributed by atoms with Gasteiger partial charge in [-0.15, -0.1) is 0 Å². The van der Waals surface area contributed by atoms with Crippen molar-refractivity contribution in [3.05, 3.63) is 0 Å². The molecule has 0 radical (unpaired) electrons. The molecule has 2 N–H and O–H groups in total. The van der Waals surface area contributed by atoms with Crippen molar-refractivity contribution in [2.45, 2.75) is 31.5 Å². The second-order valence-corrected chi connectivity index (χ2v) is 3.05. The summed E-state index contributed by atoms with van der Waals surface area (Å²) in [5, 5.41) is 0. The van der Waals surface area contributed by atoms with E-state index in [0.29, 0.717) is 12.8 Å². The van der Waals surface area contributed by atoms with Crippen LogP contribution in [0.1, 0.15) is 19.8 Å². The van der Waals surface area contributed by atoms with Crippen molar-refractivity contribution in [1.82, 2.24) is 0 Å². The molecule has 4 heteroatoms. The van der Waals surface area contributed by atoms with Gasteiger partial charge in [-0.1, -0.05) is 0 Å². The van der Waals surface area contributed by atoms with E-state index in [0.717, 1.165) is 6.92 Å². The first-order valence-corrected chi connectivity index (χ1v) is 3.21. The highest BCUT2D eigenvalue weighted by Gasteiger charge is 2.56. The van der Waals surface area contributed by atoms with E-state index in [-0.39, 0.29) is 5.92 Å². The maximum absolute atomic E-state index is 12.0. The Bertz CT molecular complexity index is 134. The Hall–Kier alpha value is -0.250. The molecule has 1 fully saturated rings. The fourth-order valence-corrected chi connectivity index (χ4v) is 0.914. The van der Waals surface area contributed by atoms with Gasteiger partial charge in [0, 0.05) is 0 Å². The van der Waals surface area contributed by atoms with Gasteiger partial charge >= 0.3 is 6.18 Å². The molecular weight excluding hydrogens is 143 g/mol. The molecule has 1 saturated carbocycles. The van der Waals surface area contributed by atoms with Gasteiger partial charge in [0.1, 0.15) is 5.54 Å². The van der Waals surface area contributed by atoms with Crippen molar-refractivity contribution in [1.29, 1.82) is 0 Å². The SMILES string of the molecule is C[C@](N)(C1CC1)C(F)(F)F. The number of hydrogen-bond donors (Lipinski definition) is 1. The summed E-state index contributed by atoms with van der Waals surface area (Å²) in [7, 11) is 0. The van der Waals surface area contributed by atoms with Crippen LogP contribution in [0, 0.1) is 5.92 Å². The third-order valence-electron chi connectivity index (χ3n) is 2.04. The lowest BCUT2D eigenvalue weighted by atomic mass is 9.97. The Balaban J connectivity index is 2.66. The number of rotatable bonds is 1. The summed E-state index contributed by atoms with van der Waals surface area (Å²) in [4.78, 5) is 0.